The van der Waals surface area contributed by atoms with Crippen LogP contribution in [0, 0.1) is 12.7 Å². The summed E-state index contributed by atoms with van der Waals surface area (Å²) in [5.74, 6) is 0.0332. The monoisotopic (exact) mass is 271 g/mol. The summed E-state index contributed by atoms with van der Waals surface area (Å²) in [6, 6.07) is 6.29. The number of aryl methyl sites for hydroxylation is 2. The largest absolute Gasteiger partial charge is 0.382 e. The Hall–Kier alpha value is -2.63. The number of nitrogens with one attached hydrogen (secondary N) is 1. The second-order valence-electron chi connectivity index (χ2n) is 4.67. The van der Waals surface area contributed by atoms with Crippen molar-refractivity contribution < 1.29 is 4.39 Å². The van der Waals surface area contributed by atoms with Crippen LogP contribution in [0.25, 0.3) is 22.4 Å². The van der Waals surface area contributed by atoms with E-state index in [0.29, 0.717) is 16.9 Å². The number of anilines is 1. The molecule has 0 unspecified atom stereocenters. The molecule has 102 valence electrons. The molecule has 2 heterocycles. The van der Waals surface area contributed by atoms with Gasteiger partial charge in [0.05, 0.1) is 17.0 Å². The van der Waals surface area contributed by atoms with Gasteiger partial charge in [-0.2, -0.15) is 10.2 Å². The van der Waals surface area contributed by atoms with Gasteiger partial charge in [-0.25, -0.2) is 4.39 Å². The van der Waals surface area contributed by atoms with E-state index in [1.54, 1.807) is 16.8 Å². The molecule has 3 aromatic rings. The second-order valence-corrected chi connectivity index (χ2v) is 4.67. The summed E-state index contributed by atoms with van der Waals surface area (Å²) in [5.41, 5.74) is 9.81. The minimum absolute atomic E-state index is 0.308. The molecular formula is C14H14FN5. The average molecular weight is 271 g/mol. The molecule has 0 spiro atoms. The Kier molecular flexibility index (Phi) is 2.78. The minimum Gasteiger partial charge on any atom is -0.382 e. The topological polar surface area (TPSA) is 72.5 Å². The fourth-order valence-electron chi connectivity index (χ4n) is 2.33. The van der Waals surface area contributed by atoms with E-state index in [1.165, 1.54) is 12.1 Å². The third-order valence-corrected chi connectivity index (χ3v) is 3.19. The third-order valence-electron chi connectivity index (χ3n) is 3.19. The Bertz CT molecular complexity index is 772. The van der Waals surface area contributed by atoms with Crippen LogP contribution in [0.5, 0.6) is 0 Å². The van der Waals surface area contributed by atoms with Gasteiger partial charge in [0, 0.05) is 18.8 Å². The smallest absolute Gasteiger partial charge is 0.153 e. The summed E-state index contributed by atoms with van der Waals surface area (Å²) in [6.45, 7) is 1.90. The van der Waals surface area contributed by atoms with Gasteiger partial charge >= 0.3 is 0 Å². The Morgan fingerprint density at radius 3 is 2.80 bits per heavy atom. The van der Waals surface area contributed by atoms with E-state index in [2.05, 4.69) is 15.3 Å². The van der Waals surface area contributed by atoms with Crippen molar-refractivity contribution in [2.24, 2.45) is 7.05 Å². The van der Waals surface area contributed by atoms with Crippen LogP contribution in [0.1, 0.15) is 5.69 Å². The highest BCUT2D eigenvalue weighted by atomic mass is 19.1. The number of H-pyrrole nitrogens is 1. The molecule has 0 radical (unpaired) electrons. The summed E-state index contributed by atoms with van der Waals surface area (Å²) < 4.78 is 15.1. The molecule has 0 atom stereocenters. The van der Waals surface area contributed by atoms with Crippen molar-refractivity contribution in [3.05, 3.63) is 42.0 Å². The van der Waals surface area contributed by atoms with Gasteiger partial charge in [0.1, 0.15) is 5.82 Å². The molecule has 20 heavy (non-hydrogen) atoms. The number of rotatable bonds is 2. The number of aromatic nitrogens is 4. The first-order valence-electron chi connectivity index (χ1n) is 6.16. The first-order chi connectivity index (χ1) is 9.56. The molecule has 1 aromatic carbocycles. The molecule has 5 nitrogen and oxygen atoms in total. The van der Waals surface area contributed by atoms with Crippen LogP contribution in [0.15, 0.2) is 30.5 Å². The van der Waals surface area contributed by atoms with E-state index in [0.717, 1.165) is 17.0 Å². The number of nitrogen functional groups attached to an aromatic ring is 1. The Balaban J connectivity index is 2.22. The zero-order chi connectivity index (χ0) is 14.3. The highest BCUT2D eigenvalue weighted by Gasteiger charge is 2.18. The van der Waals surface area contributed by atoms with Crippen molar-refractivity contribution in [1.29, 1.82) is 0 Å². The fraction of sp³-hybridized carbons (Fsp3) is 0.143. The average Bonchev–Trinajstić information content (AvgIpc) is 2.92. The summed E-state index contributed by atoms with van der Waals surface area (Å²) in [7, 11) is 1.85. The number of benzene rings is 1. The molecule has 0 aliphatic heterocycles. The van der Waals surface area contributed by atoms with Gasteiger partial charge in [0.15, 0.2) is 5.82 Å². The molecule has 6 heteroatoms. The van der Waals surface area contributed by atoms with Crippen LogP contribution in [0.2, 0.25) is 0 Å². The SMILES string of the molecule is Cc1nn(C)cc1-c1[nH]nc(N)c1-c1cccc(F)c1. The first-order valence-corrected chi connectivity index (χ1v) is 6.16. The summed E-state index contributed by atoms with van der Waals surface area (Å²) in [6.07, 6.45) is 1.88. The second kappa shape index (κ2) is 4.48. The van der Waals surface area contributed by atoms with E-state index >= 15 is 0 Å². The highest BCUT2D eigenvalue weighted by Crippen LogP contribution is 2.35. The lowest BCUT2D eigenvalue weighted by Crippen LogP contribution is -1.89. The summed E-state index contributed by atoms with van der Waals surface area (Å²) >= 11 is 0. The standard InChI is InChI=1S/C14H14FN5/c1-8-11(7-20(2)19-8)13-12(14(16)18-17-13)9-4-3-5-10(15)6-9/h3-7H,1-2H3,(H3,16,17,18). The molecule has 0 aliphatic rings. The quantitative estimate of drug-likeness (QED) is 0.752. The normalized spacial score (nSPS) is 10.9. The van der Waals surface area contributed by atoms with Crippen LogP contribution >= 0.6 is 0 Å². The van der Waals surface area contributed by atoms with E-state index in [1.807, 2.05) is 20.2 Å². The van der Waals surface area contributed by atoms with Crippen molar-refractivity contribution in [2.75, 3.05) is 5.73 Å². The van der Waals surface area contributed by atoms with Crippen LogP contribution in [-0.2, 0) is 7.05 Å². The molecule has 0 bridgehead atoms. The lowest BCUT2D eigenvalue weighted by Gasteiger charge is -2.04. The lowest BCUT2D eigenvalue weighted by atomic mass is 10.0. The minimum atomic E-state index is -0.308. The Labute approximate surface area is 115 Å². The van der Waals surface area contributed by atoms with Crippen LogP contribution < -0.4 is 5.73 Å². The molecule has 3 rings (SSSR count). The number of nitrogens with zero attached hydrogens (tertiary/aromatic N) is 3. The number of halogens is 1. The lowest BCUT2D eigenvalue weighted by molar-refractivity contribution is 0.628. The van der Waals surface area contributed by atoms with Crippen molar-refractivity contribution in [3.63, 3.8) is 0 Å². The van der Waals surface area contributed by atoms with Gasteiger partial charge in [-0.3, -0.25) is 9.78 Å². The zero-order valence-corrected chi connectivity index (χ0v) is 11.2. The molecule has 0 saturated heterocycles. The van der Waals surface area contributed by atoms with Gasteiger partial charge in [0.2, 0.25) is 0 Å². The predicted octanol–water partition coefficient (Wildman–Crippen LogP) is 2.51. The maximum atomic E-state index is 13.4. The molecule has 0 amide bonds. The summed E-state index contributed by atoms with van der Waals surface area (Å²) in [5, 5.41) is 11.3. The van der Waals surface area contributed by atoms with Crippen LogP contribution in [-0.4, -0.2) is 20.0 Å². The van der Waals surface area contributed by atoms with E-state index < -0.39 is 0 Å². The molecule has 0 fully saturated rings. The van der Waals surface area contributed by atoms with Gasteiger partial charge in [0.25, 0.3) is 0 Å². The van der Waals surface area contributed by atoms with Crippen LogP contribution in [0.3, 0.4) is 0 Å². The number of nitrogens with two attached hydrogens (primary N) is 1. The van der Waals surface area contributed by atoms with Gasteiger partial charge in [-0.05, 0) is 24.6 Å². The van der Waals surface area contributed by atoms with Crippen molar-refractivity contribution in [1.82, 2.24) is 20.0 Å². The molecular weight excluding hydrogens is 257 g/mol. The van der Waals surface area contributed by atoms with E-state index in [-0.39, 0.29) is 5.82 Å². The molecule has 0 aliphatic carbocycles. The van der Waals surface area contributed by atoms with Crippen LogP contribution in [0.4, 0.5) is 10.2 Å². The van der Waals surface area contributed by atoms with Crippen molar-refractivity contribution >= 4 is 5.82 Å². The van der Waals surface area contributed by atoms with E-state index in [9.17, 15) is 4.39 Å². The van der Waals surface area contributed by atoms with Gasteiger partial charge in [-0.15, -0.1) is 0 Å². The zero-order valence-electron chi connectivity index (χ0n) is 11.2. The summed E-state index contributed by atoms with van der Waals surface area (Å²) in [4.78, 5) is 0. The maximum absolute atomic E-state index is 13.4. The maximum Gasteiger partial charge on any atom is 0.153 e. The first kappa shape index (κ1) is 12.4. The number of aromatic amines is 1. The fourth-order valence-corrected chi connectivity index (χ4v) is 2.33. The highest BCUT2D eigenvalue weighted by molar-refractivity contribution is 5.88. The van der Waals surface area contributed by atoms with Gasteiger partial charge < -0.3 is 5.73 Å². The van der Waals surface area contributed by atoms with E-state index in [4.69, 9.17) is 5.73 Å². The Morgan fingerprint density at radius 1 is 1.35 bits per heavy atom. The number of hydrogen-bond donors (Lipinski definition) is 2. The van der Waals surface area contributed by atoms with Gasteiger partial charge in [-0.1, -0.05) is 12.1 Å². The molecule has 2 aromatic heterocycles. The third kappa shape index (κ3) is 1.95. The van der Waals surface area contributed by atoms with Crippen molar-refractivity contribution in [3.8, 4) is 22.4 Å². The molecule has 0 saturated carbocycles. The number of hydrogen-bond acceptors (Lipinski definition) is 3. The van der Waals surface area contributed by atoms with Crippen molar-refractivity contribution in [2.45, 2.75) is 6.92 Å². The predicted molar refractivity (Wildman–Crippen MR) is 75.3 cm³/mol. The molecule has 3 N–H and O–H groups in total. The Morgan fingerprint density at radius 2 is 2.15 bits per heavy atom.